The Hall–Kier alpha value is -2.95. The fourth-order valence-corrected chi connectivity index (χ4v) is 4.72. The van der Waals surface area contributed by atoms with Crippen LogP contribution in [0.4, 0.5) is 0 Å². The van der Waals surface area contributed by atoms with Gasteiger partial charge >= 0.3 is 0 Å². The third-order valence-electron chi connectivity index (χ3n) is 6.51. The number of fused-ring (bicyclic) bond motifs is 1. The number of aryl methyl sites for hydroxylation is 1. The fourth-order valence-electron chi connectivity index (χ4n) is 4.72. The van der Waals surface area contributed by atoms with Crippen molar-refractivity contribution in [2.45, 2.75) is 58.9 Å². The number of aromatic nitrogens is 2. The molecule has 162 valence electrons. The van der Waals surface area contributed by atoms with E-state index in [1.54, 1.807) is 4.57 Å². The first-order chi connectivity index (χ1) is 15.0. The Bertz CT molecular complexity index is 1130. The maximum absolute atomic E-state index is 13.5. The van der Waals surface area contributed by atoms with Crippen molar-refractivity contribution in [3.05, 3.63) is 70.3 Å². The monoisotopic (exact) mass is 417 g/mol. The van der Waals surface area contributed by atoms with Crippen molar-refractivity contribution in [3.63, 3.8) is 0 Å². The number of nitrogens with zero attached hydrogens (tertiary/aromatic N) is 3. The molecule has 0 aliphatic heterocycles. The summed E-state index contributed by atoms with van der Waals surface area (Å²) in [5, 5.41) is 0.584. The second-order valence-corrected chi connectivity index (χ2v) is 8.60. The minimum absolute atomic E-state index is 0.0798. The maximum Gasteiger partial charge on any atom is 0.266 e. The average molecular weight is 418 g/mol. The van der Waals surface area contributed by atoms with Gasteiger partial charge in [0, 0.05) is 12.5 Å². The van der Waals surface area contributed by atoms with Gasteiger partial charge in [-0.3, -0.25) is 14.2 Å². The molecule has 1 aromatic heterocycles. The van der Waals surface area contributed by atoms with E-state index < -0.39 is 0 Å². The summed E-state index contributed by atoms with van der Waals surface area (Å²) in [5.41, 5.74) is 2.47. The van der Waals surface area contributed by atoms with Crippen molar-refractivity contribution < 1.29 is 4.79 Å². The summed E-state index contributed by atoms with van der Waals surface area (Å²) < 4.78 is 1.68. The summed E-state index contributed by atoms with van der Waals surface area (Å²) in [6.45, 7) is 6.61. The van der Waals surface area contributed by atoms with Crippen molar-refractivity contribution in [1.29, 1.82) is 0 Å². The van der Waals surface area contributed by atoms with Crippen LogP contribution in [0.1, 0.15) is 63.4 Å². The molecule has 1 unspecified atom stereocenters. The normalized spacial score (nSPS) is 15.7. The number of hydrogen-bond acceptors (Lipinski definition) is 3. The number of amides is 1. The van der Waals surface area contributed by atoms with E-state index in [-0.39, 0.29) is 23.4 Å². The van der Waals surface area contributed by atoms with E-state index in [1.165, 1.54) is 6.42 Å². The lowest BCUT2D eigenvalue weighted by atomic mass is 9.88. The molecular formula is C26H31N3O2. The Morgan fingerprint density at radius 2 is 1.77 bits per heavy atom. The van der Waals surface area contributed by atoms with Crippen molar-refractivity contribution in [1.82, 2.24) is 14.5 Å². The van der Waals surface area contributed by atoms with Crippen LogP contribution in [0.5, 0.6) is 0 Å². The summed E-state index contributed by atoms with van der Waals surface area (Å²) in [7, 11) is 0. The molecule has 1 saturated carbocycles. The minimum Gasteiger partial charge on any atom is -0.333 e. The second kappa shape index (κ2) is 9.04. The van der Waals surface area contributed by atoms with E-state index in [0.717, 1.165) is 36.9 Å². The molecule has 0 saturated heterocycles. The zero-order valence-corrected chi connectivity index (χ0v) is 18.7. The van der Waals surface area contributed by atoms with Crippen LogP contribution >= 0.6 is 0 Å². The van der Waals surface area contributed by atoms with Crippen molar-refractivity contribution >= 4 is 16.8 Å². The Morgan fingerprint density at radius 3 is 2.45 bits per heavy atom. The van der Waals surface area contributed by atoms with Gasteiger partial charge in [-0.1, -0.05) is 49.1 Å². The Labute approximate surface area is 183 Å². The van der Waals surface area contributed by atoms with Gasteiger partial charge in [-0.2, -0.15) is 0 Å². The zero-order chi connectivity index (χ0) is 22.0. The number of benzene rings is 2. The third kappa shape index (κ3) is 4.14. The fraction of sp³-hybridized carbons (Fsp3) is 0.423. The molecule has 2 aromatic carbocycles. The predicted octanol–water partition coefficient (Wildman–Crippen LogP) is 5.18. The largest absolute Gasteiger partial charge is 0.333 e. The summed E-state index contributed by atoms with van der Waals surface area (Å²) in [6.07, 6.45) is 5.36. The molecule has 5 heteroatoms. The van der Waals surface area contributed by atoms with E-state index in [9.17, 15) is 9.59 Å². The lowest BCUT2D eigenvalue weighted by molar-refractivity contribution is -0.138. The molecule has 0 N–H and O–H groups in total. The average Bonchev–Trinajstić information content (AvgIpc) is 2.80. The standard InChI is InChI=1S/C26H31N3O2/c1-4-28(25(30)20-10-6-5-7-11-20)19(3)24-27-23-13-9-8-12-22(23)26(31)29(24)21-16-14-18(2)15-17-21/h8-9,12-17,19-20H,4-7,10-11H2,1-3H3. The highest BCUT2D eigenvalue weighted by molar-refractivity contribution is 5.80. The van der Waals surface area contributed by atoms with E-state index >= 15 is 0 Å². The van der Waals surface area contributed by atoms with Crippen LogP contribution in [0.2, 0.25) is 0 Å². The number of hydrogen-bond donors (Lipinski definition) is 0. The molecule has 0 bridgehead atoms. The predicted molar refractivity (Wildman–Crippen MR) is 124 cm³/mol. The molecule has 0 radical (unpaired) electrons. The van der Waals surface area contributed by atoms with Crippen molar-refractivity contribution in [2.75, 3.05) is 6.54 Å². The Balaban J connectivity index is 1.84. The number of carbonyl (C=O) groups excluding carboxylic acids is 1. The van der Waals surface area contributed by atoms with Gasteiger partial charge < -0.3 is 4.90 Å². The van der Waals surface area contributed by atoms with E-state index in [4.69, 9.17) is 4.98 Å². The van der Waals surface area contributed by atoms with Crippen molar-refractivity contribution in [3.8, 4) is 5.69 Å². The highest BCUT2D eigenvalue weighted by Crippen LogP contribution is 2.29. The first-order valence-corrected chi connectivity index (χ1v) is 11.4. The first-order valence-electron chi connectivity index (χ1n) is 11.4. The van der Waals surface area contributed by atoms with Gasteiger partial charge in [-0.25, -0.2) is 4.98 Å². The number of para-hydroxylation sites is 1. The molecule has 31 heavy (non-hydrogen) atoms. The van der Waals surface area contributed by atoms with Crippen molar-refractivity contribution in [2.24, 2.45) is 5.92 Å². The lowest BCUT2D eigenvalue weighted by Gasteiger charge is -2.33. The smallest absolute Gasteiger partial charge is 0.266 e. The highest BCUT2D eigenvalue weighted by atomic mass is 16.2. The van der Waals surface area contributed by atoms with Gasteiger partial charge in [-0.15, -0.1) is 0 Å². The summed E-state index contributed by atoms with van der Waals surface area (Å²) >= 11 is 0. The van der Waals surface area contributed by atoms with Crippen LogP contribution in [0.25, 0.3) is 16.6 Å². The second-order valence-electron chi connectivity index (χ2n) is 8.60. The van der Waals surface area contributed by atoms with Gasteiger partial charge in [0.15, 0.2) is 0 Å². The quantitative estimate of drug-likeness (QED) is 0.574. The highest BCUT2D eigenvalue weighted by Gasteiger charge is 2.31. The van der Waals surface area contributed by atoms with E-state index in [1.807, 2.05) is 74.2 Å². The van der Waals surface area contributed by atoms with Gasteiger partial charge in [-0.05, 0) is 57.9 Å². The topological polar surface area (TPSA) is 55.2 Å². The van der Waals surface area contributed by atoms with Crippen LogP contribution in [0, 0.1) is 12.8 Å². The van der Waals surface area contributed by atoms with Crippen LogP contribution < -0.4 is 5.56 Å². The van der Waals surface area contributed by atoms with Gasteiger partial charge in [0.05, 0.1) is 22.6 Å². The SMILES string of the molecule is CCN(C(=O)C1CCCCC1)C(C)c1nc2ccccc2c(=O)n1-c1ccc(C)cc1. The maximum atomic E-state index is 13.5. The summed E-state index contributed by atoms with van der Waals surface area (Å²) in [6, 6.07) is 15.0. The number of rotatable bonds is 5. The van der Waals surface area contributed by atoms with Crippen LogP contribution in [-0.2, 0) is 4.79 Å². The molecule has 1 aliphatic carbocycles. The van der Waals surface area contributed by atoms with Crippen LogP contribution in [0.15, 0.2) is 53.3 Å². The third-order valence-corrected chi connectivity index (χ3v) is 6.51. The Kier molecular flexibility index (Phi) is 6.21. The van der Waals surface area contributed by atoms with E-state index in [0.29, 0.717) is 23.3 Å². The molecule has 1 atom stereocenters. The first kappa shape index (κ1) is 21.3. The molecule has 1 amide bonds. The van der Waals surface area contributed by atoms with Gasteiger partial charge in [0.25, 0.3) is 5.56 Å². The molecule has 4 rings (SSSR count). The summed E-state index contributed by atoms with van der Waals surface area (Å²) in [4.78, 5) is 33.7. The zero-order valence-electron chi connectivity index (χ0n) is 18.7. The van der Waals surface area contributed by atoms with Gasteiger partial charge in [0.1, 0.15) is 5.82 Å². The number of carbonyl (C=O) groups is 1. The molecule has 3 aromatic rings. The summed E-state index contributed by atoms with van der Waals surface area (Å²) in [5.74, 6) is 0.877. The molecule has 1 fully saturated rings. The molecule has 5 nitrogen and oxygen atoms in total. The lowest BCUT2D eigenvalue weighted by Crippen LogP contribution is -2.41. The minimum atomic E-state index is -0.307. The molecular weight excluding hydrogens is 386 g/mol. The Morgan fingerprint density at radius 1 is 1.10 bits per heavy atom. The van der Waals surface area contributed by atoms with Crippen LogP contribution in [-0.4, -0.2) is 26.9 Å². The van der Waals surface area contributed by atoms with E-state index in [2.05, 4.69) is 0 Å². The molecule has 1 aliphatic rings. The van der Waals surface area contributed by atoms with Crippen LogP contribution in [0.3, 0.4) is 0 Å². The van der Waals surface area contributed by atoms with Gasteiger partial charge in [0.2, 0.25) is 5.91 Å². The molecule has 1 heterocycles. The molecule has 0 spiro atoms.